The van der Waals surface area contributed by atoms with Gasteiger partial charge in [0.25, 0.3) is 5.91 Å². The Bertz CT molecular complexity index is 548. The predicted molar refractivity (Wildman–Crippen MR) is 62.1 cm³/mol. The fraction of sp³-hybridized carbons (Fsp3) is 0.0909. The summed E-state index contributed by atoms with van der Waals surface area (Å²) in [5.74, 6) is -1.26. The Labute approximate surface area is 102 Å². The first-order valence-corrected chi connectivity index (χ1v) is 5.12. The lowest BCUT2D eigenvalue weighted by molar-refractivity contribution is -0.136. The number of aliphatic carboxylic acids is 1. The Morgan fingerprint density at radius 3 is 2.72 bits per heavy atom. The second-order valence-electron chi connectivity index (χ2n) is 3.55. The molecule has 0 aliphatic heterocycles. The number of nitrogens with one attached hydrogen (secondary N) is 2. The summed E-state index contributed by atoms with van der Waals surface area (Å²) in [6.07, 6.45) is 4.15. The summed E-state index contributed by atoms with van der Waals surface area (Å²) >= 11 is 0. The molecule has 0 saturated heterocycles. The van der Waals surface area contributed by atoms with Gasteiger partial charge in [-0.25, -0.2) is 0 Å². The van der Waals surface area contributed by atoms with Crippen molar-refractivity contribution in [3.05, 3.63) is 42.0 Å². The van der Waals surface area contributed by atoms with Crippen molar-refractivity contribution in [3.8, 4) is 0 Å². The van der Waals surface area contributed by atoms with Crippen molar-refractivity contribution in [2.45, 2.75) is 6.42 Å². The van der Waals surface area contributed by atoms with Gasteiger partial charge in [-0.3, -0.25) is 19.7 Å². The molecule has 7 nitrogen and oxygen atoms in total. The minimum absolute atomic E-state index is 0.143. The van der Waals surface area contributed by atoms with Gasteiger partial charge in [0.1, 0.15) is 0 Å². The number of carbonyl (C=O) groups excluding carboxylic acids is 1. The van der Waals surface area contributed by atoms with Gasteiger partial charge in [0.05, 0.1) is 35.8 Å². The van der Waals surface area contributed by atoms with Crippen LogP contribution in [0.3, 0.4) is 0 Å². The number of aromatic amines is 1. The molecule has 0 saturated carbocycles. The van der Waals surface area contributed by atoms with Crippen LogP contribution in [0.4, 0.5) is 5.69 Å². The van der Waals surface area contributed by atoms with E-state index in [0.29, 0.717) is 16.9 Å². The molecule has 2 aromatic heterocycles. The third-order valence-electron chi connectivity index (χ3n) is 2.18. The Balaban J connectivity index is 2.02. The van der Waals surface area contributed by atoms with Crippen LogP contribution < -0.4 is 5.32 Å². The number of rotatable bonds is 4. The van der Waals surface area contributed by atoms with E-state index in [-0.39, 0.29) is 12.3 Å². The largest absolute Gasteiger partial charge is 0.481 e. The number of carboxylic acids is 1. The first-order chi connectivity index (χ1) is 8.65. The lowest BCUT2D eigenvalue weighted by Crippen LogP contribution is -2.11. The highest BCUT2D eigenvalue weighted by molar-refractivity contribution is 6.03. The maximum Gasteiger partial charge on any atom is 0.309 e. The lowest BCUT2D eigenvalue weighted by atomic mass is 10.2. The van der Waals surface area contributed by atoms with Crippen LogP contribution in [0.25, 0.3) is 0 Å². The number of pyridine rings is 1. The van der Waals surface area contributed by atoms with Gasteiger partial charge in [0.2, 0.25) is 0 Å². The van der Waals surface area contributed by atoms with Crippen LogP contribution in [-0.2, 0) is 11.2 Å². The van der Waals surface area contributed by atoms with Crippen molar-refractivity contribution in [2.24, 2.45) is 0 Å². The van der Waals surface area contributed by atoms with Gasteiger partial charge in [-0.15, -0.1) is 0 Å². The smallest absolute Gasteiger partial charge is 0.309 e. The van der Waals surface area contributed by atoms with Crippen molar-refractivity contribution < 1.29 is 14.7 Å². The average molecular weight is 246 g/mol. The van der Waals surface area contributed by atoms with E-state index < -0.39 is 5.97 Å². The molecular formula is C11H10N4O3. The molecule has 0 unspecified atom stereocenters. The van der Waals surface area contributed by atoms with Crippen molar-refractivity contribution in [1.29, 1.82) is 0 Å². The van der Waals surface area contributed by atoms with Gasteiger partial charge in [0.15, 0.2) is 0 Å². The number of carboxylic acid groups (broad SMARTS) is 1. The van der Waals surface area contributed by atoms with Crippen LogP contribution >= 0.6 is 0 Å². The normalized spacial score (nSPS) is 10.0. The quantitative estimate of drug-likeness (QED) is 0.735. The number of hydrogen-bond acceptors (Lipinski definition) is 4. The number of H-pyrrole nitrogens is 1. The summed E-state index contributed by atoms with van der Waals surface area (Å²) in [5, 5.41) is 17.4. The molecule has 1 amide bonds. The van der Waals surface area contributed by atoms with E-state index in [0.717, 1.165) is 0 Å². The van der Waals surface area contributed by atoms with E-state index >= 15 is 0 Å². The monoisotopic (exact) mass is 246 g/mol. The van der Waals surface area contributed by atoms with Crippen LogP contribution in [0.15, 0.2) is 30.7 Å². The Kier molecular flexibility index (Phi) is 3.33. The minimum atomic E-state index is -0.947. The van der Waals surface area contributed by atoms with Gasteiger partial charge in [-0.05, 0) is 12.1 Å². The first-order valence-electron chi connectivity index (χ1n) is 5.12. The number of hydrogen-bond donors (Lipinski definition) is 3. The van der Waals surface area contributed by atoms with E-state index in [1.807, 2.05) is 0 Å². The van der Waals surface area contributed by atoms with Crippen LogP contribution in [0.1, 0.15) is 16.1 Å². The molecule has 92 valence electrons. The minimum Gasteiger partial charge on any atom is -0.481 e. The molecule has 3 N–H and O–H groups in total. The zero-order valence-electron chi connectivity index (χ0n) is 9.25. The predicted octanol–water partition coefficient (Wildman–Crippen LogP) is 0.684. The van der Waals surface area contributed by atoms with Gasteiger partial charge < -0.3 is 10.4 Å². The average Bonchev–Trinajstić information content (AvgIpc) is 2.84. The number of carbonyl (C=O) groups is 2. The highest BCUT2D eigenvalue weighted by Gasteiger charge is 2.07. The molecule has 0 aliphatic rings. The maximum absolute atomic E-state index is 11.6. The summed E-state index contributed by atoms with van der Waals surface area (Å²) in [6, 6.07) is 3.16. The molecule has 0 spiro atoms. The van der Waals surface area contributed by atoms with Crippen molar-refractivity contribution in [1.82, 2.24) is 15.2 Å². The molecule has 2 aromatic rings. The summed E-state index contributed by atoms with van der Waals surface area (Å²) in [4.78, 5) is 26.0. The maximum atomic E-state index is 11.6. The number of anilines is 1. The molecule has 2 rings (SSSR count). The molecule has 0 aromatic carbocycles. The van der Waals surface area contributed by atoms with Crippen LogP contribution in [0, 0.1) is 0 Å². The summed E-state index contributed by atoms with van der Waals surface area (Å²) in [6.45, 7) is 0. The van der Waals surface area contributed by atoms with Crippen molar-refractivity contribution in [2.75, 3.05) is 5.32 Å². The van der Waals surface area contributed by atoms with Gasteiger partial charge in [-0.1, -0.05) is 0 Å². The van der Waals surface area contributed by atoms with Gasteiger partial charge >= 0.3 is 5.97 Å². The zero-order valence-corrected chi connectivity index (χ0v) is 9.25. The third kappa shape index (κ3) is 2.91. The van der Waals surface area contributed by atoms with E-state index in [2.05, 4.69) is 20.5 Å². The van der Waals surface area contributed by atoms with Gasteiger partial charge in [0, 0.05) is 6.20 Å². The molecular weight excluding hydrogens is 236 g/mol. The molecule has 0 fully saturated rings. The van der Waals surface area contributed by atoms with Crippen LogP contribution in [-0.4, -0.2) is 32.2 Å². The second kappa shape index (κ2) is 5.09. The Morgan fingerprint density at radius 2 is 2.17 bits per heavy atom. The fourth-order valence-electron chi connectivity index (χ4n) is 1.34. The van der Waals surface area contributed by atoms with E-state index in [1.165, 1.54) is 18.6 Å². The molecule has 7 heteroatoms. The number of nitrogens with zero attached hydrogens (tertiary/aromatic N) is 2. The van der Waals surface area contributed by atoms with Crippen molar-refractivity contribution in [3.63, 3.8) is 0 Å². The molecule has 2 heterocycles. The first kappa shape index (κ1) is 11.8. The Hall–Kier alpha value is -2.70. The van der Waals surface area contributed by atoms with Crippen LogP contribution in [0.2, 0.25) is 0 Å². The summed E-state index contributed by atoms with van der Waals surface area (Å²) in [5.41, 5.74) is 1.34. The molecule has 0 bridgehead atoms. The topological polar surface area (TPSA) is 108 Å². The standard InChI is InChI=1S/C11H10N4O3/c16-10(17)3-8-1-2-9(6-12-8)15-11(18)7-4-13-14-5-7/h1-2,4-6H,3H2,(H,13,14)(H,15,18)(H,16,17). The molecule has 0 radical (unpaired) electrons. The fourth-order valence-corrected chi connectivity index (χ4v) is 1.34. The van der Waals surface area contributed by atoms with E-state index in [1.54, 1.807) is 12.1 Å². The number of amides is 1. The Morgan fingerprint density at radius 1 is 1.33 bits per heavy atom. The van der Waals surface area contributed by atoms with Crippen LogP contribution in [0.5, 0.6) is 0 Å². The highest BCUT2D eigenvalue weighted by atomic mass is 16.4. The summed E-state index contributed by atoms with van der Waals surface area (Å²) in [7, 11) is 0. The molecule has 0 aliphatic carbocycles. The number of aromatic nitrogens is 3. The van der Waals surface area contributed by atoms with E-state index in [4.69, 9.17) is 5.11 Å². The van der Waals surface area contributed by atoms with Crippen molar-refractivity contribution >= 4 is 17.6 Å². The third-order valence-corrected chi connectivity index (χ3v) is 2.18. The zero-order chi connectivity index (χ0) is 13.0. The molecule has 18 heavy (non-hydrogen) atoms. The lowest BCUT2D eigenvalue weighted by Gasteiger charge is -2.03. The summed E-state index contributed by atoms with van der Waals surface area (Å²) < 4.78 is 0. The highest BCUT2D eigenvalue weighted by Crippen LogP contribution is 2.08. The SMILES string of the molecule is O=C(O)Cc1ccc(NC(=O)c2cn[nH]c2)cn1. The molecule has 0 atom stereocenters. The van der Waals surface area contributed by atoms with Gasteiger partial charge in [-0.2, -0.15) is 5.10 Å². The second-order valence-corrected chi connectivity index (χ2v) is 3.55. The van der Waals surface area contributed by atoms with E-state index in [9.17, 15) is 9.59 Å².